The molecule has 8 nitrogen and oxygen atoms in total. The summed E-state index contributed by atoms with van der Waals surface area (Å²) in [5.41, 5.74) is 2.20. The first-order chi connectivity index (χ1) is 10.4. The maximum Gasteiger partial charge on any atom is 0.305 e. The molecule has 0 bridgehead atoms. The maximum absolute atomic E-state index is 12.1. The number of ether oxygens (including phenoxy) is 1. The maximum atomic E-state index is 12.1. The normalized spacial score (nSPS) is 14.7. The van der Waals surface area contributed by atoms with Gasteiger partial charge < -0.3 is 9.53 Å². The molecule has 0 radical (unpaired) electrons. The van der Waals surface area contributed by atoms with E-state index in [9.17, 15) is 19.2 Å². The molecule has 0 fully saturated rings. The second kappa shape index (κ2) is 11.6. The summed E-state index contributed by atoms with van der Waals surface area (Å²) in [5.74, 6) is 3.26. The Morgan fingerprint density at radius 2 is 1.73 bits per heavy atom. The molecule has 0 rings (SSSR count). The molecule has 0 aliphatic carbocycles. The van der Waals surface area contributed by atoms with Gasteiger partial charge in [-0.25, -0.2) is 5.43 Å². The van der Waals surface area contributed by atoms with Gasteiger partial charge in [0.1, 0.15) is 6.29 Å². The van der Waals surface area contributed by atoms with E-state index in [1.807, 2.05) is 0 Å². The minimum absolute atomic E-state index is 0.0109. The van der Waals surface area contributed by atoms with Crippen molar-refractivity contribution in [3.63, 3.8) is 0 Å². The van der Waals surface area contributed by atoms with E-state index in [4.69, 9.17) is 5.84 Å². The molecule has 0 aromatic rings. The van der Waals surface area contributed by atoms with Gasteiger partial charge >= 0.3 is 5.97 Å². The average molecular weight is 351 g/mol. The van der Waals surface area contributed by atoms with Crippen molar-refractivity contribution in [1.29, 1.82) is 0 Å². The van der Waals surface area contributed by atoms with Gasteiger partial charge in [-0.05, 0) is 6.42 Å². The Labute approximate surface area is 139 Å². The van der Waals surface area contributed by atoms with Crippen LogP contribution >= 0.6 is 25.3 Å². The van der Waals surface area contributed by atoms with Crippen molar-refractivity contribution in [2.24, 2.45) is 5.84 Å². The van der Waals surface area contributed by atoms with Gasteiger partial charge in [0.15, 0.2) is 0 Å². The third kappa shape index (κ3) is 6.88. The van der Waals surface area contributed by atoms with Crippen molar-refractivity contribution in [3.05, 3.63) is 0 Å². The van der Waals surface area contributed by atoms with E-state index in [1.54, 1.807) is 0 Å². The predicted molar refractivity (Wildman–Crippen MR) is 86.9 cm³/mol. The lowest BCUT2D eigenvalue weighted by atomic mass is 10.0. The number of carbonyl (C=O) groups excluding carboxylic acids is 4. The number of hydrazine groups is 1. The first-order valence-corrected chi connectivity index (χ1v) is 7.75. The SMILES string of the molecule is COC(=O)CCC(C=O)N[C@@H](CS)C(=O)C(=O)[C@H](CS)NN. The Hall–Kier alpha value is -0.940. The third-order valence-electron chi connectivity index (χ3n) is 2.91. The molecule has 0 saturated heterocycles. The predicted octanol–water partition coefficient (Wildman–Crippen LogP) is -1.70. The topological polar surface area (TPSA) is 128 Å². The number of nitrogens with two attached hydrogens (primary N) is 1. The van der Waals surface area contributed by atoms with Crippen molar-refractivity contribution >= 4 is 49.1 Å². The van der Waals surface area contributed by atoms with Crippen LogP contribution in [-0.4, -0.2) is 60.6 Å². The lowest BCUT2D eigenvalue weighted by molar-refractivity contribution is -0.141. The molecule has 0 heterocycles. The number of hydrogen-bond donors (Lipinski definition) is 5. The number of Topliss-reactive ketones (excluding diaryl/α,β-unsaturated/α-hetero) is 2. The number of ketones is 2. The first kappa shape index (κ1) is 21.1. The van der Waals surface area contributed by atoms with Gasteiger partial charge in [0.05, 0.1) is 25.2 Å². The largest absolute Gasteiger partial charge is 0.469 e. The summed E-state index contributed by atoms with van der Waals surface area (Å²) in [7, 11) is 1.24. The summed E-state index contributed by atoms with van der Waals surface area (Å²) < 4.78 is 4.47. The van der Waals surface area contributed by atoms with Crippen LogP contribution in [0, 0.1) is 0 Å². The summed E-state index contributed by atoms with van der Waals surface area (Å²) in [6, 6.07) is -2.64. The van der Waals surface area contributed by atoms with Gasteiger partial charge in [-0.3, -0.25) is 25.5 Å². The molecule has 0 saturated carbocycles. The first-order valence-electron chi connectivity index (χ1n) is 6.49. The molecular weight excluding hydrogens is 330 g/mol. The second-order valence-corrected chi connectivity index (χ2v) is 5.12. The van der Waals surface area contributed by atoms with Crippen molar-refractivity contribution in [2.45, 2.75) is 31.0 Å². The number of esters is 1. The van der Waals surface area contributed by atoms with Gasteiger partial charge in [0.2, 0.25) is 11.6 Å². The zero-order valence-corrected chi connectivity index (χ0v) is 13.9. The highest BCUT2D eigenvalue weighted by Crippen LogP contribution is 2.03. The lowest BCUT2D eigenvalue weighted by Gasteiger charge is -2.21. The van der Waals surface area contributed by atoms with E-state index in [0.717, 1.165) is 0 Å². The molecule has 126 valence electrons. The molecule has 0 aliphatic heterocycles. The molecule has 1 unspecified atom stereocenters. The number of hydrogen-bond acceptors (Lipinski definition) is 10. The van der Waals surface area contributed by atoms with Gasteiger partial charge in [-0.1, -0.05) is 0 Å². The lowest BCUT2D eigenvalue weighted by Crippen LogP contribution is -2.53. The summed E-state index contributed by atoms with van der Waals surface area (Å²) in [6.07, 6.45) is 0.722. The molecule has 4 N–H and O–H groups in total. The smallest absolute Gasteiger partial charge is 0.305 e. The minimum Gasteiger partial charge on any atom is -0.469 e. The monoisotopic (exact) mass is 351 g/mol. The molecule has 0 spiro atoms. The average Bonchev–Trinajstić information content (AvgIpc) is 2.55. The van der Waals surface area contributed by atoms with Crippen LogP contribution in [0.2, 0.25) is 0 Å². The van der Waals surface area contributed by atoms with E-state index in [1.165, 1.54) is 7.11 Å². The van der Waals surface area contributed by atoms with Crippen LogP contribution < -0.4 is 16.6 Å². The number of carbonyl (C=O) groups is 4. The van der Waals surface area contributed by atoms with Crippen LogP contribution in [0.4, 0.5) is 0 Å². The second-order valence-electron chi connectivity index (χ2n) is 4.39. The summed E-state index contributed by atoms with van der Waals surface area (Å²) >= 11 is 7.92. The molecular formula is C12H21N3O5S2. The highest BCUT2D eigenvalue weighted by atomic mass is 32.1. The minimum atomic E-state index is -0.959. The van der Waals surface area contributed by atoms with Crippen LogP contribution in [0.25, 0.3) is 0 Å². The van der Waals surface area contributed by atoms with E-state index in [2.05, 4.69) is 40.7 Å². The van der Waals surface area contributed by atoms with E-state index < -0.39 is 35.7 Å². The van der Waals surface area contributed by atoms with Crippen molar-refractivity contribution in [2.75, 3.05) is 18.6 Å². The zero-order chi connectivity index (χ0) is 17.1. The van der Waals surface area contributed by atoms with Gasteiger partial charge in [0, 0.05) is 17.9 Å². The Kier molecular flexibility index (Phi) is 11.1. The van der Waals surface area contributed by atoms with E-state index >= 15 is 0 Å². The summed E-state index contributed by atoms with van der Waals surface area (Å²) in [4.78, 5) is 46.1. The van der Waals surface area contributed by atoms with Crippen LogP contribution in [0.5, 0.6) is 0 Å². The quantitative estimate of drug-likeness (QED) is 0.0703. The molecule has 0 aromatic carbocycles. The van der Waals surface area contributed by atoms with E-state index in [0.29, 0.717) is 6.29 Å². The molecule has 22 heavy (non-hydrogen) atoms. The molecule has 0 aromatic heterocycles. The molecule has 10 heteroatoms. The molecule has 3 atom stereocenters. The number of rotatable bonds is 12. The fourth-order valence-electron chi connectivity index (χ4n) is 1.59. The molecule has 0 aliphatic rings. The standard InChI is InChI=1S/C12H21N3O5S2/c1-20-10(17)3-2-7(4-16)14-8(5-21)11(18)12(19)9(6-22)15-13/h4,7-9,14-15,21-22H,2-3,5-6,13H2,1H3/t7?,8-,9-/m0/s1. The van der Waals surface area contributed by atoms with Crippen LogP contribution in [0.3, 0.4) is 0 Å². The summed E-state index contributed by atoms with van der Waals surface area (Å²) in [5, 5.41) is 2.70. The fraction of sp³-hybridized carbons (Fsp3) is 0.667. The number of thiol groups is 2. The van der Waals surface area contributed by atoms with Crippen LogP contribution in [0.1, 0.15) is 12.8 Å². The van der Waals surface area contributed by atoms with Crippen LogP contribution in [0.15, 0.2) is 0 Å². The fourth-order valence-corrected chi connectivity index (χ4v) is 2.13. The number of nitrogens with one attached hydrogen (secondary N) is 2. The Morgan fingerprint density at radius 1 is 1.18 bits per heavy atom. The Balaban J connectivity index is 4.73. The zero-order valence-electron chi connectivity index (χ0n) is 12.2. The van der Waals surface area contributed by atoms with Crippen LogP contribution in [-0.2, 0) is 23.9 Å². The molecule has 0 amide bonds. The van der Waals surface area contributed by atoms with Gasteiger partial charge in [-0.15, -0.1) is 0 Å². The highest BCUT2D eigenvalue weighted by Gasteiger charge is 2.30. The van der Waals surface area contributed by atoms with Crippen molar-refractivity contribution in [3.8, 4) is 0 Å². The number of aldehydes is 1. The van der Waals surface area contributed by atoms with Crippen molar-refractivity contribution in [1.82, 2.24) is 10.7 Å². The van der Waals surface area contributed by atoms with E-state index in [-0.39, 0.29) is 24.3 Å². The van der Waals surface area contributed by atoms with Crippen molar-refractivity contribution < 1.29 is 23.9 Å². The van der Waals surface area contributed by atoms with Gasteiger partial charge in [-0.2, -0.15) is 25.3 Å². The third-order valence-corrected chi connectivity index (χ3v) is 3.64. The highest BCUT2D eigenvalue weighted by molar-refractivity contribution is 7.80. The Bertz CT molecular complexity index is 404. The summed E-state index contributed by atoms with van der Waals surface area (Å²) in [6.45, 7) is 0. The van der Waals surface area contributed by atoms with Gasteiger partial charge in [0.25, 0.3) is 0 Å². The Morgan fingerprint density at radius 3 is 2.14 bits per heavy atom. The number of methoxy groups -OCH3 is 1.